The highest BCUT2D eigenvalue weighted by atomic mass is 79.9. The number of amides is 1. The number of rotatable bonds is 4. The fraction of sp³-hybridized carbons (Fsp3) is 0.273. The van der Waals surface area contributed by atoms with E-state index in [-0.39, 0.29) is 17.4 Å². The molecule has 7 nitrogen and oxygen atoms in total. The molecule has 31 heavy (non-hydrogen) atoms. The Kier molecular flexibility index (Phi) is 6.24. The van der Waals surface area contributed by atoms with Gasteiger partial charge in [-0.1, -0.05) is 15.9 Å². The van der Waals surface area contributed by atoms with Crippen LogP contribution in [0.2, 0.25) is 0 Å². The summed E-state index contributed by atoms with van der Waals surface area (Å²) in [7, 11) is 1.31. The van der Waals surface area contributed by atoms with Crippen molar-refractivity contribution < 1.29 is 18.7 Å². The van der Waals surface area contributed by atoms with Crippen molar-refractivity contribution in [1.82, 2.24) is 10.2 Å². The smallest absolute Gasteiger partial charge is 0.356 e. The number of carbonyl (C=O) groups is 2. The summed E-state index contributed by atoms with van der Waals surface area (Å²) >= 11 is 3.38. The number of halogens is 2. The first-order valence-electron chi connectivity index (χ1n) is 9.87. The number of esters is 1. The van der Waals surface area contributed by atoms with Gasteiger partial charge in [0.2, 0.25) is 0 Å². The Bertz CT molecular complexity index is 1030. The van der Waals surface area contributed by atoms with Crippen molar-refractivity contribution in [2.24, 2.45) is 0 Å². The van der Waals surface area contributed by atoms with Gasteiger partial charge in [-0.15, -0.1) is 0 Å². The molecule has 4 rings (SSSR count). The molecule has 9 heteroatoms. The van der Waals surface area contributed by atoms with Crippen LogP contribution in [-0.2, 0) is 9.53 Å². The molecule has 0 atom stereocenters. The summed E-state index contributed by atoms with van der Waals surface area (Å²) in [6, 6.07) is 11.7. The molecular formula is C22H22BrFN4O3. The van der Waals surface area contributed by atoms with E-state index in [1.165, 1.54) is 19.2 Å². The van der Waals surface area contributed by atoms with E-state index in [2.05, 4.69) is 36.4 Å². The molecule has 2 heterocycles. The van der Waals surface area contributed by atoms with Crippen LogP contribution in [0.5, 0.6) is 0 Å². The lowest BCUT2D eigenvalue weighted by Crippen LogP contribution is -2.48. The Morgan fingerprint density at radius 3 is 2.48 bits per heavy atom. The maximum absolute atomic E-state index is 13.2. The predicted octanol–water partition coefficient (Wildman–Crippen LogP) is 2.95. The third-order valence-electron chi connectivity index (χ3n) is 5.39. The molecule has 2 aromatic rings. The van der Waals surface area contributed by atoms with Gasteiger partial charge in [0, 0.05) is 42.9 Å². The number of piperazine rings is 1. The average molecular weight is 489 g/mol. The van der Waals surface area contributed by atoms with Crippen LogP contribution in [-0.4, -0.2) is 56.6 Å². The standard InChI is InChI=1S/C22H22BrFN4O3/c1-31-22(30)20-19(26-21(29)17-12-14(23)2-7-18(17)25-20)13-27-8-10-28(11-9-27)16-5-3-15(24)4-6-16/h2-7,12,25H,8-11,13H2,1H3,(H,26,29). The summed E-state index contributed by atoms with van der Waals surface area (Å²) < 4.78 is 18.9. The van der Waals surface area contributed by atoms with E-state index >= 15 is 0 Å². The minimum Gasteiger partial charge on any atom is -0.464 e. The Morgan fingerprint density at radius 1 is 1.10 bits per heavy atom. The van der Waals surface area contributed by atoms with Crippen LogP contribution in [0.25, 0.3) is 0 Å². The van der Waals surface area contributed by atoms with Gasteiger partial charge >= 0.3 is 5.97 Å². The van der Waals surface area contributed by atoms with Crippen molar-refractivity contribution in [3.05, 3.63) is 69.7 Å². The second kappa shape index (κ2) is 9.07. The first-order chi connectivity index (χ1) is 14.9. The Morgan fingerprint density at radius 2 is 1.81 bits per heavy atom. The first kappa shape index (κ1) is 21.3. The number of anilines is 2. The molecule has 2 N–H and O–H groups in total. The van der Waals surface area contributed by atoms with E-state index in [1.807, 2.05) is 0 Å². The second-order valence-corrected chi connectivity index (χ2v) is 8.27. The maximum Gasteiger partial charge on any atom is 0.356 e. The van der Waals surface area contributed by atoms with E-state index in [9.17, 15) is 14.0 Å². The van der Waals surface area contributed by atoms with E-state index in [4.69, 9.17) is 4.74 Å². The van der Waals surface area contributed by atoms with Gasteiger partial charge in [0.15, 0.2) is 0 Å². The molecule has 1 saturated heterocycles. The summed E-state index contributed by atoms with van der Waals surface area (Å²) in [4.78, 5) is 29.6. The molecule has 162 valence electrons. The van der Waals surface area contributed by atoms with Gasteiger partial charge in [-0.2, -0.15) is 0 Å². The number of fused-ring (bicyclic) bond motifs is 1. The molecule has 0 aliphatic carbocycles. The number of hydrogen-bond donors (Lipinski definition) is 2. The van der Waals surface area contributed by atoms with Gasteiger partial charge in [-0.25, -0.2) is 9.18 Å². The molecule has 0 radical (unpaired) electrons. The predicted molar refractivity (Wildman–Crippen MR) is 119 cm³/mol. The summed E-state index contributed by atoms with van der Waals surface area (Å²) in [6.45, 7) is 3.34. The van der Waals surface area contributed by atoms with Crippen molar-refractivity contribution in [3.63, 3.8) is 0 Å². The number of carbonyl (C=O) groups excluding carboxylic acids is 2. The number of ether oxygens (including phenoxy) is 1. The Hall–Kier alpha value is -2.91. The van der Waals surface area contributed by atoms with Crippen LogP contribution >= 0.6 is 15.9 Å². The maximum atomic E-state index is 13.2. The zero-order chi connectivity index (χ0) is 22.0. The van der Waals surface area contributed by atoms with Crippen LogP contribution in [0.3, 0.4) is 0 Å². The average Bonchev–Trinajstić information content (AvgIpc) is 2.91. The lowest BCUT2D eigenvalue weighted by molar-refractivity contribution is -0.136. The van der Waals surface area contributed by atoms with Crippen molar-refractivity contribution in [2.75, 3.05) is 50.1 Å². The zero-order valence-electron chi connectivity index (χ0n) is 17.0. The van der Waals surface area contributed by atoms with E-state index in [0.29, 0.717) is 23.5 Å². The summed E-state index contributed by atoms with van der Waals surface area (Å²) in [5.41, 5.74) is 2.64. The highest BCUT2D eigenvalue weighted by molar-refractivity contribution is 9.10. The normalized spacial score (nSPS) is 16.9. The van der Waals surface area contributed by atoms with Gasteiger partial charge < -0.3 is 20.3 Å². The van der Waals surface area contributed by atoms with E-state index < -0.39 is 5.97 Å². The topological polar surface area (TPSA) is 73.9 Å². The van der Waals surface area contributed by atoms with Crippen LogP contribution < -0.4 is 15.5 Å². The molecule has 0 bridgehead atoms. The number of nitrogens with zero attached hydrogens (tertiary/aromatic N) is 2. The molecule has 1 fully saturated rings. The molecule has 0 unspecified atom stereocenters. The molecule has 0 spiro atoms. The first-order valence-corrected chi connectivity index (χ1v) is 10.7. The van der Waals surface area contributed by atoms with Crippen molar-refractivity contribution in [1.29, 1.82) is 0 Å². The number of benzene rings is 2. The third-order valence-corrected chi connectivity index (χ3v) is 5.88. The molecular weight excluding hydrogens is 467 g/mol. The summed E-state index contributed by atoms with van der Waals surface area (Å²) in [6.07, 6.45) is 0. The van der Waals surface area contributed by atoms with Gasteiger partial charge in [0.25, 0.3) is 5.91 Å². The van der Waals surface area contributed by atoms with Crippen molar-refractivity contribution in [2.45, 2.75) is 0 Å². The molecule has 2 aliphatic rings. The lowest BCUT2D eigenvalue weighted by atomic mass is 10.1. The zero-order valence-corrected chi connectivity index (χ0v) is 18.5. The molecule has 1 amide bonds. The number of methoxy groups -OCH3 is 1. The highest BCUT2D eigenvalue weighted by Gasteiger charge is 2.28. The number of hydrogen-bond acceptors (Lipinski definition) is 6. The van der Waals surface area contributed by atoms with Gasteiger partial charge in [-0.3, -0.25) is 9.69 Å². The van der Waals surface area contributed by atoms with E-state index in [1.54, 1.807) is 30.3 Å². The minimum absolute atomic E-state index is 0.220. The largest absolute Gasteiger partial charge is 0.464 e. The van der Waals surface area contributed by atoms with Crippen LogP contribution in [0, 0.1) is 5.82 Å². The molecule has 0 saturated carbocycles. The van der Waals surface area contributed by atoms with Crippen molar-refractivity contribution in [3.8, 4) is 0 Å². The molecule has 2 aliphatic heterocycles. The SMILES string of the molecule is COC(=O)C1=C(CN2CCN(c3ccc(F)cc3)CC2)NC(=O)c2cc(Br)ccc2N1. The Balaban J connectivity index is 1.51. The van der Waals surface area contributed by atoms with Gasteiger partial charge in [-0.05, 0) is 42.5 Å². The fourth-order valence-electron chi connectivity index (χ4n) is 3.72. The second-order valence-electron chi connectivity index (χ2n) is 7.35. The van der Waals surface area contributed by atoms with Crippen molar-refractivity contribution >= 4 is 39.2 Å². The molecule has 2 aromatic carbocycles. The van der Waals surface area contributed by atoms with Gasteiger partial charge in [0.05, 0.1) is 24.1 Å². The fourth-order valence-corrected chi connectivity index (χ4v) is 4.09. The monoisotopic (exact) mass is 488 g/mol. The number of nitrogens with one attached hydrogen (secondary N) is 2. The molecule has 0 aromatic heterocycles. The Labute approximate surface area is 188 Å². The summed E-state index contributed by atoms with van der Waals surface area (Å²) in [5.74, 6) is -1.09. The lowest BCUT2D eigenvalue weighted by Gasteiger charge is -2.36. The van der Waals surface area contributed by atoms with Crippen LogP contribution in [0.15, 0.2) is 58.3 Å². The quantitative estimate of drug-likeness (QED) is 0.644. The minimum atomic E-state index is -0.545. The van der Waals surface area contributed by atoms with E-state index in [0.717, 1.165) is 36.3 Å². The third kappa shape index (κ3) is 4.72. The van der Waals surface area contributed by atoms with Gasteiger partial charge in [0.1, 0.15) is 11.5 Å². The van der Waals surface area contributed by atoms with Crippen LogP contribution in [0.1, 0.15) is 10.4 Å². The highest BCUT2D eigenvalue weighted by Crippen LogP contribution is 2.26. The summed E-state index contributed by atoms with van der Waals surface area (Å²) in [5, 5.41) is 5.96. The van der Waals surface area contributed by atoms with Crippen LogP contribution in [0.4, 0.5) is 15.8 Å².